The van der Waals surface area contributed by atoms with Crippen LogP contribution in [0.3, 0.4) is 0 Å². The van der Waals surface area contributed by atoms with E-state index in [1.807, 2.05) is 81.4 Å². The molecule has 1 fully saturated rings. The highest BCUT2D eigenvalue weighted by Crippen LogP contribution is 2.43. The fourth-order valence-corrected chi connectivity index (χ4v) is 4.76. The van der Waals surface area contributed by atoms with Gasteiger partial charge in [0, 0.05) is 31.0 Å². The molecule has 0 spiro atoms. The van der Waals surface area contributed by atoms with Crippen LogP contribution in [0.4, 0.5) is 11.4 Å². The number of hydrogen-bond donors (Lipinski definition) is 1. The van der Waals surface area contributed by atoms with Crippen molar-refractivity contribution >= 4 is 28.8 Å². The second-order valence-corrected chi connectivity index (χ2v) is 10.9. The molecule has 3 aromatic carbocycles. The predicted molar refractivity (Wildman–Crippen MR) is 153 cm³/mol. The summed E-state index contributed by atoms with van der Waals surface area (Å²) in [5.41, 5.74) is 4.74. The van der Waals surface area contributed by atoms with Crippen molar-refractivity contribution in [2.45, 2.75) is 46.1 Å². The lowest BCUT2D eigenvalue weighted by Gasteiger charge is -2.27. The van der Waals surface area contributed by atoms with Crippen molar-refractivity contribution in [2.75, 3.05) is 30.5 Å². The number of rotatable bonds is 6. The van der Waals surface area contributed by atoms with E-state index in [1.165, 1.54) is 4.90 Å². The van der Waals surface area contributed by atoms with E-state index in [0.29, 0.717) is 23.6 Å². The zero-order chi connectivity index (χ0) is 27.8. The Bertz CT molecular complexity index is 1380. The van der Waals surface area contributed by atoms with Crippen molar-refractivity contribution in [3.05, 3.63) is 94.6 Å². The van der Waals surface area contributed by atoms with Gasteiger partial charge in [0.15, 0.2) is 0 Å². The highest BCUT2D eigenvalue weighted by Gasteiger charge is 2.47. The van der Waals surface area contributed by atoms with Crippen LogP contribution in [0.25, 0.3) is 5.76 Å². The first-order chi connectivity index (χ1) is 17.9. The molecule has 1 aliphatic rings. The van der Waals surface area contributed by atoms with Gasteiger partial charge in [0.1, 0.15) is 11.5 Å². The standard InChI is InChI=1S/C32H36N2O4/c1-8-38-26-18-11-22(19-20(26)2)29(35)27-28(21-9-14-24(15-10-21)33(6)7)34(31(37)30(27)36)25-16-12-23(13-17-25)32(3,4)5/h9-19,28,35H,8H2,1-7H3/b29-27-. The normalized spacial score (nSPS) is 17.1. The summed E-state index contributed by atoms with van der Waals surface area (Å²) in [4.78, 5) is 30.5. The van der Waals surface area contributed by atoms with Crippen molar-refractivity contribution < 1.29 is 19.4 Å². The Hall–Kier alpha value is -4.06. The van der Waals surface area contributed by atoms with Gasteiger partial charge in [-0.1, -0.05) is 45.0 Å². The van der Waals surface area contributed by atoms with Crippen LogP contribution in [0.1, 0.15) is 56.0 Å². The Morgan fingerprint density at radius 2 is 1.61 bits per heavy atom. The number of aliphatic hydroxyl groups is 1. The number of aliphatic hydroxyl groups excluding tert-OH is 1. The van der Waals surface area contributed by atoms with Crippen LogP contribution in [-0.2, 0) is 15.0 Å². The molecule has 0 bridgehead atoms. The van der Waals surface area contributed by atoms with Crippen molar-refractivity contribution in [1.29, 1.82) is 0 Å². The van der Waals surface area contributed by atoms with E-state index < -0.39 is 17.7 Å². The molecule has 0 aromatic heterocycles. The molecule has 1 aliphatic heterocycles. The maximum absolute atomic E-state index is 13.5. The Morgan fingerprint density at radius 3 is 2.13 bits per heavy atom. The second kappa shape index (κ2) is 10.4. The van der Waals surface area contributed by atoms with Gasteiger partial charge in [-0.3, -0.25) is 14.5 Å². The summed E-state index contributed by atoms with van der Waals surface area (Å²) in [6, 6.07) is 19.9. The average Bonchev–Trinajstić information content (AvgIpc) is 3.14. The third-order valence-electron chi connectivity index (χ3n) is 6.93. The Morgan fingerprint density at radius 1 is 0.974 bits per heavy atom. The van der Waals surface area contributed by atoms with E-state index in [4.69, 9.17) is 4.74 Å². The SMILES string of the molecule is CCOc1ccc(/C(O)=C2/C(=O)C(=O)N(c3ccc(C(C)(C)C)cc3)C2c2ccc(N(C)C)cc2)cc1C. The molecule has 1 N–H and O–H groups in total. The van der Waals surface area contributed by atoms with Gasteiger partial charge in [-0.25, -0.2) is 0 Å². The number of nitrogens with zero attached hydrogens (tertiary/aromatic N) is 2. The van der Waals surface area contributed by atoms with Crippen LogP contribution >= 0.6 is 0 Å². The number of anilines is 2. The van der Waals surface area contributed by atoms with Crippen molar-refractivity contribution in [1.82, 2.24) is 0 Å². The van der Waals surface area contributed by atoms with Gasteiger partial charge >= 0.3 is 0 Å². The van der Waals surface area contributed by atoms with Crippen LogP contribution in [0.2, 0.25) is 0 Å². The summed E-state index contributed by atoms with van der Waals surface area (Å²) in [7, 11) is 3.90. The van der Waals surface area contributed by atoms with Gasteiger partial charge < -0.3 is 14.7 Å². The number of ketones is 1. The van der Waals surface area contributed by atoms with E-state index in [2.05, 4.69) is 20.8 Å². The fourth-order valence-electron chi connectivity index (χ4n) is 4.76. The summed E-state index contributed by atoms with van der Waals surface area (Å²) >= 11 is 0. The van der Waals surface area contributed by atoms with Gasteiger partial charge in [0.2, 0.25) is 0 Å². The molecule has 1 heterocycles. The van der Waals surface area contributed by atoms with Gasteiger partial charge in [-0.2, -0.15) is 0 Å². The molecule has 0 radical (unpaired) electrons. The number of hydrogen-bond acceptors (Lipinski definition) is 5. The molecule has 6 heteroatoms. The summed E-state index contributed by atoms with van der Waals surface area (Å²) in [5.74, 6) is -0.876. The average molecular weight is 513 g/mol. The minimum absolute atomic E-state index is 0.0559. The molecule has 1 unspecified atom stereocenters. The summed E-state index contributed by atoms with van der Waals surface area (Å²) in [5, 5.41) is 11.5. The molecule has 0 aliphatic carbocycles. The van der Waals surface area contributed by atoms with Crippen molar-refractivity contribution in [3.8, 4) is 5.75 Å². The maximum atomic E-state index is 13.5. The fraction of sp³-hybridized carbons (Fsp3) is 0.312. The summed E-state index contributed by atoms with van der Waals surface area (Å²) in [6.45, 7) is 10.7. The van der Waals surface area contributed by atoms with Crippen LogP contribution in [0, 0.1) is 6.92 Å². The highest BCUT2D eigenvalue weighted by molar-refractivity contribution is 6.51. The van der Waals surface area contributed by atoms with Gasteiger partial charge in [0.25, 0.3) is 11.7 Å². The van der Waals surface area contributed by atoms with Crippen LogP contribution < -0.4 is 14.5 Å². The molecular formula is C32H36N2O4. The van der Waals surface area contributed by atoms with E-state index >= 15 is 0 Å². The third kappa shape index (κ3) is 5.03. The lowest BCUT2D eigenvalue weighted by molar-refractivity contribution is -0.132. The first-order valence-corrected chi connectivity index (χ1v) is 12.9. The van der Waals surface area contributed by atoms with E-state index in [-0.39, 0.29) is 16.7 Å². The zero-order valence-corrected chi connectivity index (χ0v) is 23.2. The smallest absolute Gasteiger partial charge is 0.300 e. The molecule has 38 heavy (non-hydrogen) atoms. The topological polar surface area (TPSA) is 70.1 Å². The number of carbonyl (C=O) groups excluding carboxylic acids is 2. The molecule has 6 nitrogen and oxygen atoms in total. The minimum atomic E-state index is -0.779. The van der Waals surface area contributed by atoms with E-state index in [1.54, 1.807) is 18.2 Å². The zero-order valence-electron chi connectivity index (χ0n) is 23.2. The third-order valence-corrected chi connectivity index (χ3v) is 6.93. The maximum Gasteiger partial charge on any atom is 0.300 e. The lowest BCUT2D eigenvalue weighted by atomic mass is 9.87. The molecule has 3 aromatic rings. The Kier molecular flexibility index (Phi) is 7.36. The summed E-state index contributed by atoms with van der Waals surface area (Å²) in [6.07, 6.45) is 0. The van der Waals surface area contributed by atoms with Crippen LogP contribution in [0.15, 0.2) is 72.3 Å². The number of amides is 1. The lowest BCUT2D eigenvalue weighted by Crippen LogP contribution is -2.29. The van der Waals surface area contributed by atoms with Gasteiger partial charge in [0.05, 0.1) is 18.2 Å². The first-order valence-electron chi connectivity index (χ1n) is 12.9. The van der Waals surface area contributed by atoms with Crippen molar-refractivity contribution in [2.24, 2.45) is 0 Å². The Balaban J connectivity index is 1.89. The second-order valence-electron chi connectivity index (χ2n) is 10.9. The highest BCUT2D eigenvalue weighted by atomic mass is 16.5. The molecule has 0 saturated carbocycles. The molecule has 198 valence electrons. The number of aryl methyl sites for hydroxylation is 1. The number of Topliss-reactive ketones (excluding diaryl/α,β-unsaturated/α-hetero) is 1. The predicted octanol–water partition coefficient (Wildman–Crippen LogP) is 6.38. The number of benzene rings is 3. The van der Waals surface area contributed by atoms with Gasteiger partial charge in [-0.05, 0) is 78.4 Å². The largest absolute Gasteiger partial charge is 0.507 e. The first kappa shape index (κ1) is 27.0. The van der Waals surface area contributed by atoms with E-state index in [0.717, 1.165) is 22.4 Å². The monoisotopic (exact) mass is 512 g/mol. The quantitative estimate of drug-likeness (QED) is 0.236. The van der Waals surface area contributed by atoms with E-state index in [9.17, 15) is 14.7 Å². The molecule has 1 atom stereocenters. The number of carbonyl (C=O) groups is 2. The summed E-state index contributed by atoms with van der Waals surface area (Å²) < 4.78 is 5.63. The van der Waals surface area contributed by atoms with Crippen molar-refractivity contribution in [3.63, 3.8) is 0 Å². The number of ether oxygens (including phenoxy) is 1. The molecule has 1 amide bonds. The minimum Gasteiger partial charge on any atom is -0.507 e. The van der Waals surface area contributed by atoms with Crippen LogP contribution in [0.5, 0.6) is 5.75 Å². The molecular weight excluding hydrogens is 476 g/mol. The van der Waals surface area contributed by atoms with Gasteiger partial charge in [-0.15, -0.1) is 0 Å². The Labute approximate surface area is 225 Å². The molecule has 4 rings (SSSR count). The molecule has 1 saturated heterocycles. The van der Waals surface area contributed by atoms with Crippen LogP contribution in [-0.4, -0.2) is 37.5 Å².